The predicted octanol–water partition coefficient (Wildman–Crippen LogP) is 6.94. The van der Waals surface area contributed by atoms with E-state index < -0.39 is 28.9 Å². The molecule has 0 bridgehead atoms. The van der Waals surface area contributed by atoms with Gasteiger partial charge in [0.05, 0.1) is 11.1 Å². The highest BCUT2D eigenvalue weighted by molar-refractivity contribution is 6.32. The zero-order chi connectivity index (χ0) is 26.0. The molecule has 3 aromatic rings. The Morgan fingerprint density at radius 2 is 1.86 bits per heavy atom. The average molecular weight is 506 g/mol. The van der Waals surface area contributed by atoms with E-state index in [0.717, 1.165) is 6.07 Å². The molecule has 0 saturated heterocycles. The van der Waals surface area contributed by atoms with Crippen LogP contribution in [-0.2, 0) is 4.74 Å². The van der Waals surface area contributed by atoms with Crippen LogP contribution in [0.15, 0.2) is 36.7 Å². The highest BCUT2D eigenvalue weighted by Gasteiger charge is 2.31. The van der Waals surface area contributed by atoms with Crippen LogP contribution >= 0.6 is 11.6 Å². The van der Waals surface area contributed by atoms with Gasteiger partial charge in [-0.15, -0.1) is 0 Å². The third kappa shape index (κ3) is 7.01. The molecule has 1 N–H and O–H groups in total. The lowest BCUT2D eigenvalue weighted by Crippen LogP contribution is -2.52. The third-order valence-electron chi connectivity index (χ3n) is 5.07. The first-order valence-corrected chi connectivity index (χ1v) is 11.7. The van der Waals surface area contributed by atoms with Gasteiger partial charge in [-0.2, -0.15) is 0 Å². The van der Waals surface area contributed by atoms with Crippen molar-refractivity contribution in [1.82, 2.24) is 15.3 Å². The number of hydrogen-bond acceptors (Lipinski definition) is 5. The van der Waals surface area contributed by atoms with Crippen molar-refractivity contribution >= 4 is 28.6 Å². The molecule has 3 rings (SSSR count). The second-order valence-electron chi connectivity index (χ2n) is 10.2. The van der Waals surface area contributed by atoms with Gasteiger partial charge in [0.1, 0.15) is 28.9 Å². The number of alkyl carbamates (subject to hydrolysis) is 1. The zero-order valence-electron chi connectivity index (χ0n) is 20.7. The normalized spacial score (nSPS) is 13.5. The van der Waals surface area contributed by atoms with Gasteiger partial charge in [0.15, 0.2) is 0 Å². The molecule has 1 atom stereocenters. The van der Waals surface area contributed by atoms with E-state index in [2.05, 4.69) is 15.3 Å². The fourth-order valence-corrected chi connectivity index (χ4v) is 4.17. The van der Waals surface area contributed by atoms with Gasteiger partial charge in [0.25, 0.3) is 0 Å². The molecule has 9 heteroatoms. The largest absolute Gasteiger partial charge is 0.474 e. The van der Waals surface area contributed by atoms with Gasteiger partial charge in [0, 0.05) is 35.5 Å². The van der Waals surface area contributed by atoms with E-state index in [1.807, 2.05) is 20.8 Å². The molecular formula is C26H30ClF2N3O3. The first-order chi connectivity index (χ1) is 16.3. The van der Waals surface area contributed by atoms with Crippen molar-refractivity contribution in [3.8, 4) is 17.0 Å². The molecule has 35 heavy (non-hydrogen) atoms. The smallest absolute Gasteiger partial charge is 0.408 e. The Labute approximate surface area is 209 Å². The first-order valence-electron chi connectivity index (χ1n) is 11.3. The number of ether oxygens (including phenoxy) is 2. The molecule has 0 aliphatic carbocycles. The van der Waals surface area contributed by atoms with Crippen molar-refractivity contribution in [2.75, 3.05) is 6.61 Å². The van der Waals surface area contributed by atoms with Gasteiger partial charge in [-0.1, -0.05) is 25.4 Å². The van der Waals surface area contributed by atoms with Crippen LogP contribution in [0.3, 0.4) is 0 Å². The average Bonchev–Trinajstić information content (AvgIpc) is 2.70. The second kappa shape index (κ2) is 10.3. The van der Waals surface area contributed by atoms with Gasteiger partial charge in [0.2, 0.25) is 5.88 Å². The topological polar surface area (TPSA) is 73.3 Å². The van der Waals surface area contributed by atoms with Crippen molar-refractivity contribution in [2.24, 2.45) is 5.92 Å². The maximum atomic E-state index is 14.5. The summed E-state index contributed by atoms with van der Waals surface area (Å²) in [5.41, 5.74) is -0.183. The third-order valence-corrected chi connectivity index (χ3v) is 5.34. The lowest BCUT2D eigenvalue weighted by Gasteiger charge is -2.33. The van der Waals surface area contributed by atoms with Gasteiger partial charge in [-0.3, -0.25) is 4.98 Å². The zero-order valence-corrected chi connectivity index (χ0v) is 21.5. The maximum absolute atomic E-state index is 14.5. The molecule has 2 aromatic heterocycles. The van der Waals surface area contributed by atoms with Gasteiger partial charge in [-0.05, 0) is 57.7 Å². The monoisotopic (exact) mass is 505 g/mol. The molecular weight excluding hydrogens is 476 g/mol. The van der Waals surface area contributed by atoms with Crippen LogP contribution in [0.25, 0.3) is 22.0 Å². The van der Waals surface area contributed by atoms with Crippen molar-refractivity contribution in [1.29, 1.82) is 0 Å². The van der Waals surface area contributed by atoms with Crippen molar-refractivity contribution in [3.63, 3.8) is 0 Å². The number of carbonyl (C=O) groups is 1. The minimum absolute atomic E-state index is 0.0998. The SMILES string of the molecule is CC(C)CC(C)(COc1ncc(-c2ccnc3cc(F)cc(F)c23)cc1Cl)NC(=O)OC(C)(C)C. The van der Waals surface area contributed by atoms with E-state index in [-0.39, 0.29) is 34.3 Å². The van der Waals surface area contributed by atoms with E-state index in [0.29, 0.717) is 17.5 Å². The number of hydrogen-bond donors (Lipinski definition) is 1. The summed E-state index contributed by atoms with van der Waals surface area (Å²) in [5, 5.41) is 3.28. The molecule has 0 aliphatic rings. The highest BCUT2D eigenvalue weighted by atomic mass is 35.5. The molecule has 0 spiro atoms. The standard InChI is InChI=1S/C26H30ClF2N3O3/c1-15(2)12-26(6,32-24(33)35-25(3,4)5)14-34-23-19(27)9-16(13-31-23)18-7-8-30-21-11-17(28)10-20(29)22(18)21/h7-11,13,15H,12,14H2,1-6H3,(H,32,33). The van der Waals surface area contributed by atoms with Crippen molar-refractivity contribution < 1.29 is 23.0 Å². The molecule has 0 fully saturated rings. The van der Waals surface area contributed by atoms with Crippen LogP contribution in [0.4, 0.5) is 13.6 Å². The number of benzene rings is 1. The van der Waals surface area contributed by atoms with E-state index in [4.69, 9.17) is 21.1 Å². The summed E-state index contributed by atoms with van der Waals surface area (Å²) >= 11 is 6.45. The summed E-state index contributed by atoms with van der Waals surface area (Å²) in [5.74, 6) is -0.994. The molecule has 0 saturated carbocycles. The highest BCUT2D eigenvalue weighted by Crippen LogP contribution is 2.34. The summed E-state index contributed by atoms with van der Waals surface area (Å²) in [4.78, 5) is 20.8. The summed E-state index contributed by atoms with van der Waals surface area (Å²) in [7, 11) is 0. The van der Waals surface area contributed by atoms with Crippen molar-refractivity contribution in [2.45, 2.75) is 59.1 Å². The maximum Gasteiger partial charge on any atom is 0.408 e. The number of fused-ring (bicyclic) bond motifs is 1. The van der Waals surface area contributed by atoms with E-state index in [9.17, 15) is 13.6 Å². The van der Waals surface area contributed by atoms with E-state index in [1.165, 1.54) is 18.5 Å². The summed E-state index contributed by atoms with van der Waals surface area (Å²) in [6.45, 7) is 11.4. The molecule has 1 unspecified atom stereocenters. The Bertz CT molecular complexity index is 1230. The second-order valence-corrected chi connectivity index (χ2v) is 10.6. The number of nitrogens with zero attached hydrogens (tertiary/aromatic N) is 2. The van der Waals surface area contributed by atoms with Crippen LogP contribution in [-0.4, -0.2) is 33.8 Å². The number of aromatic nitrogens is 2. The first kappa shape index (κ1) is 26.6. The lowest BCUT2D eigenvalue weighted by atomic mass is 9.91. The number of amides is 1. The Hall–Kier alpha value is -3.00. The summed E-state index contributed by atoms with van der Waals surface area (Å²) in [6, 6.07) is 5.19. The van der Waals surface area contributed by atoms with E-state index >= 15 is 0 Å². The van der Waals surface area contributed by atoms with Gasteiger partial charge in [-0.25, -0.2) is 18.6 Å². The molecule has 0 radical (unpaired) electrons. The summed E-state index contributed by atoms with van der Waals surface area (Å²) in [6.07, 6.45) is 3.05. The summed E-state index contributed by atoms with van der Waals surface area (Å²) < 4.78 is 39.4. The minimum Gasteiger partial charge on any atom is -0.474 e. The predicted molar refractivity (Wildman–Crippen MR) is 133 cm³/mol. The van der Waals surface area contributed by atoms with E-state index in [1.54, 1.807) is 32.9 Å². The minimum atomic E-state index is -0.741. The van der Waals surface area contributed by atoms with Crippen molar-refractivity contribution in [3.05, 3.63) is 53.3 Å². The fourth-order valence-electron chi connectivity index (χ4n) is 3.95. The number of carbonyl (C=O) groups excluding carboxylic acids is 1. The number of nitrogens with one attached hydrogen (secondary N) is 1. The van der Waals surface area contributed by atoms with Crippen LogP contribution in [0.5, 0.6) is 5.88 Å². The Morgan fingerprint density at radius 1 is 1.14 bits per heavy atom. The number of rotatable bonds is 7. The Kier molecular flexibility index (Phi) is 7.84. The van der Waals surface area contributed by atoms with Crippen LogP contribution in [0.2, 0.25) is 5.02 Å². The van der Waals surface area contributed by atoms with Crippen LogP contribution in [0, 0.1) is 17.6 Å². The molecule has 1 amide bonds. The quantitative estimate of drug-likeness (QED) is 0.376. The molecule has 0 aliphatic heterocycles. The fraction of sp³-hybridized carbons (Fsp3) is 0.423. The number of pyridine rings is 2. The van der Waals surface area contributed by atoms with Crippen LogP contribution in [0.1, 0.15) is 48.0 Å². The van der Waals surface area contributed by atoms with Gasteiger partial charge < -0.3 is 14.8 Å². The lowest BCUT2D eigenvalue weighted by molar-refractivity contribution is 0.0406. The molecule has 188 valence electrons. The van der Waals surface area contributed by atoms with Crippen LogP contribution < -0.4 is 10.1 Å². The number of halogens is 3. The Balaban J connectivity index is 1.83. The molecule has 1 aromatic carbocycles. The molecule has 6 nitrogen and oxygen atoms in total. The molecule has 2 heterocycles. The van der Waals surface area contributed by atoms with Gasteiger partial charge >= 0.3 is 6.09 Å². The Morgan fingerprint density at radius 3 is 2.49 bits per heavy atom.